The van der Waals surface area contributed by atoms with Crippen molar-refractivity contribution in [3.05, 3.63) is 29.8 Å². The maximum atomic E-state index is 12.9. The van der Waals surface area contributed by atoms with Gasteiger partial charge < -0.3 is 14.9 Å². The highest BCUT2D eigenvalue weighted by Crippen LogP contribution is 2.36. The third-order valence-electron chi connectivity index (χ3n) is 3.10. The Morgan fingerprint density at radius 3 is 2.21 bits per heavy atom. The van der Waals surface area contributed by atoms with E-state index in [9.17, 15) is 18.0 Å². The molecule has 0 unspecified atom stereocenters. The highest BCUT2D eigenvalue weighted by atomic mass is 19.4. The molecule has 19 heavy (non-hydrogen) atoms. The zero-order valence-corrected chi connectivity index (χ0v) is 10.0. The molecule has 1 aliphatic rings. The number of carboxylic acid groups (broad SMARTS) is 1. The van der Waals surface area contributed by atoms with Crippen LogP contribution in [0.1, 0.15) is 5.56 Å². The molecule has 1 heterocycles. The van der Waals surface area contributed by atoms with Gasteiger partial charge in [0.15, 0.2) is 0 Å². The zero-order chi connectivity index (χ0) is 14.0. The number of amides is 1. The Morgan fingerprint density at radius 2 is 1.68 bits per heavy atom. The highest BCUT2D eigenvalue weighted by Gasteiger charge is 2.35. The topological polar surface area (TPSA) is 43.8 Å². The van der Waals surface area contributed by atoms with Crippen LogP contribution in [0.15, 0.2) is 24.3 Å². The van der Waals surface area contributed by atoms with Crippen molar-refractivity contribution in [2.45, 2.75) is 6.18 Å². The number of anilines is 1. The van der Waals surface area contributed by atoms with Gasteiger partial charge in [0.1, 0.15) is 0 Å². The van der Waals surface area contributed by atoms with Gasteiger partial charge in [-0.1, -0.05) is 12.1 Å². The molecule has 1 saturated heterocycles. The van der Waals surface area contributed by atoms with E-state index >= 15 is 0 Å². The minimum atomic E-state index is -4.40. The standard InChI is InChI=1S/C12H13F3N2O2/c13-12(14,15)9-3-1-2-4-10(9)16-5-7-17(8-6-16)11(18)19/h1-4H,5-8H2,(H,18,19). The summed E-state index contributed by atoms with van der Waals surface area (Å²) in [6.45, 7) is 0.946. The number of hydrogen-bond donors (Lipinski definition) is 1. The number of alkyl halides is 3. The molecule has 0 atom stereocenters. The lowest BCUT2D eigenvalue weighted by molar-refractivity contribution is -0.137. The summed E-state index contributed by atoms with van der Waals surface area (Å²) in [5.41, 5.74) is -0.571. The van der Waals surface area contributed by atoms with Gasteiger partial charge in [0.05, 0.1) is 5.56 Å². The molecule has 0 spiro atoms. The van der Waals surface area contributed by atoms with Crippen LogP contribution in [0, 0.1) is 0 Å². The largest absolute Gasteiger partial charge is 0.465 e. The van der Waals surface area contributed by atoms with Crippen LogP contribution in [0.3, 0.4) is 0 Å². The molecule has 1 aromatic rings. The van der Waals surface area contributed by atoms with Crippen molar-refractivity contribution in [3.63, 3.8) is 0 Å². The van der Waals surface area contributed by atoms with E-state index in [4.69, 9.17) is 5.11 Å². The van der Waals surface area contributed by atoms with Crippen LogP contribution >= 0.6 is 0 Å². The van der Waals surface area contributed by atoms with Crippen molar-refractivity contribution >= 4 is 11.8 Å². The molecule has 1 aliphatic heterocycles. The van der Waals surface area contributed by atoms with Crippen LogP contribution in [-0.4, -0.2) is 42.3 Å². The molecule has 4 nitrogen and oxygen atoms in total. The lowest BCUT2D eigenvalue weighted by Gasteiger charge is -2.35. The van der Waals surface area contributed by atoms with Gasteiger partial charge in [-0.3, -0.25) is 0 Å². The summed E-state index contributed by atoms with van der Waals surface area (Å²) in [6, 6.07) is 5.35. The number of benzene rings is 1. The number of carbonyl (C=O) groups is 1. The number of hydrogen-bond acceptors (Lipinski definition) is 2. The van der Waals surface area contributed by atoms with Crippen LogP contribution in [-0.2, 0) is 6.18 Å². The molecule has 104 valence electrons. The van der Waals surface area contributed by atoms with E-state index < -0.39 is 17.8 Å². The zero-order valence-electron chi connectivity index (χ0n) is 10.0. The Morgan fingerprint density at radius 1 is 1.11 bits per heavy atom. The van der Waals surface area contributed by atoms with Gasteiger partial charge in [0.25, 0.3) is 0 Å². The fourth-order valence-corrected chi connectivity index (χ4v) is 2.13. The molecule has 0 saturated carbocycles. The van der Waals surface area contributed by atoms with Gasteiger partial charge in [-0.05, 0) is 12.1 Å². The molecule has 0 bridgehead atoms. The van der Waals surface area contributed by atoms with E-state index in [1.54, 1.807) is 11.0 Å². The fraction of sp³-hybridized carbons (Fsp3) is 0.417. The third kappa shape index (κ3) is 2.91. The van der Waals surface area contributed by atoms with Gasteiger partial charge in [-0.25, -0.2) is 4.79 Å². The second-order valence-electron chi connectivity index (χ2n) is 4.27. The maximum Gasteiger partial charge on any atom is 0.418 e. The Balaban J connectivity index is 2.18. The van der Waals surface area contributed by atoms with E-state index in [2.05, 4.69) is 0 Å². The first-order valence-electron chi connectivity index (χ1n) is 5.78. The van der Waals surface area contributed by atoms with Crippen LogP contribution in [0.25, 0.3) is 0 Å². The van der Waals surface area contributed by atoms with E-state index in [1.807, 2.05) is 0 Å². The minimum absolute atomic E-state index is 0.111. The van der Waals surface area contributed by atoms with E-state index in [1.165, 1.54) is 17.0 Å². The lowest BCUT2D eigenvalue weighted by Crippen LogP contribution is -2.48. The Labute approximate surface area is 108 Å². The molecule has 1 aromatic carbocycles. The number of nitrogens with zero attached hydrogens (tertiary/aromatic N) is 2. The monoisotopic (exact) mass is 274 g/mol. The molecular weight excluding hydrogens is 261 g/mol. The molecule has 7 heteroatoms. The first kappa shape index (κ1) is 13.5. The molecule has 2 rings (SSSR count). The average Bonchev–Trinajstić information content (AvgIpc) is 2.38. The molecule has 1 N–H and O–H groups in total. The highest BCUT2D eigenvalue weighted by molar-refractivity contribution is 5.66. The molecule has 0 radical (unpaired) electrons. The van der Waals surface area contributed by atoms with Crippen LogP contribution in [0.5, 0.6) is 0 Å². The summed E-state index contributed by atoms with van der Waals surface area (Å²) in [5.74, 6) is 0. The number of rotatable bonds is 1. The third-order valence-corrected chi connectivity index (χ3v) is 3.10. The Hall–Kier alpha value is -1.92. The fourth-order valence-electron chi connectivity index (χ4n) is 2.13. The Kier molecular flexibility index (Phi) is 3.55. The van der Waals surface area contributed by atoms with Gasteiger partial charge in [-0.2, -0.15) is 13.2 Å². The second-order valence-corrected chi connectivity index (χ2v) is 4.27. The van der Waals surface area contributed by atoms with Crippen molar-refractivity contribution in [3.8, 4) is 0 Å². The van der Waals surface area contributed by atoms with Crippen molar-refractivity contribution in [2.75, 3.05) is 31.1 Å². The normalized spacial score (nSPS) is 16.6. The smallest absolute Gasteiger partial charge is 0.418 e. The van der Waals surface area contributed by atoms with Crippen molar-refractivity contribution < 1.29 is 23.1 Å². The quantitative estimate of drug-likeness (QED) is 0.855. The first-order chi connectivity index (χ1) is 8.89. The molecule has 1 fully saturated rings. The predicted molar refractivity (Wildman–Crippen MR) is 63.3 cm³/mol. The SMILES string of the molecule is O=C(O)N1CCN(c2ccccc2C(F)(F)F)CC1. The lowest BCUT2D eigenvalue weighted by atomic mass is 10.1. The van der Waals surface area contributed by atoms with Crippen LogP contribution < -0.4 is 4.90 Å². The van der Waals surface area contributed by atoms with Crippen molar-refractivity contribution in [2.24, 2.45) is 0 Å². The van der Waals surface area contributed by atoms with Crippen molar-refractivity contribution in [1.82, 2.24) is 4.90 Å². The minimum Gasteiger partial charge on any atom is -0.465 e. The van der Waals surface area contributed by atoms with E-state index in [0.29, 0.717) is 0 Å². The van der Waals surface area contributed by atoms with E-state index in [-0.39, 0.29) is 31.9 Å². The summed E-state index contributed by atoms with van der Waals surface area (Å²) >= 11 is 0. The number of para-hydroxylation sites is 1. The molecule has 0 aromatic heterocycles. The summed E-state index contributed by atoms with van der Waals surface area (Å²) in [7, 11) is 0. The van der Waals surface area contributed by atoms with Gasteiger partial charge in [-0.15, -0.1) is 0 Å². The van der Waals surface area contributed by atoms with Gasteiger partial charge >= 0.3 is 12.3 Å². The van der Waals surface area contributed by atoms with Gasteiger partial charge in [0, 0.05) is 31.9 Å². The first-order valence-corrected chi connectivity index (χ1v) is 5.78. The summed E-state index contributed by atoms with van der Waals surface area (Å²) in [6.07, 6.45) is -5.44. The maximum absolute atomic E-state index is 12.9. The molecule has 1 amide bonds. The average molecular weight is 274 g/mol. The molecule has 0 aliphatic carbocycles. The number of halogens is 3. The molecular formula is C12H13F3N2O2. The van der Waals surface area contributed by atoms with Crippen LogP contribution in [0.4, 0.5) is 23.7 Å². The Bertz CT molecular complexity index is 468. The summed E-state index contributed by atoms with van der Waals surface area (Å²) < 4.78 is 38.6. The second kappa shape index (κ2) is 4.99. The number of piperazine rings is 1. The van der Waals surface area contributed by atoms with E-state index in [0.717, 1.165) is 6.07 Å². The van der Waals surface area contributed by atoms with Crippen molar-refractivity contribution in [1.29, 1.82) is 0 Å². The summed E-state index contributed by atoms with van der Waals surface area (Å²) in [5, 5.41) is 8.81. The summed E-state index contributed by atoms with van der Waals surface area (Å²) in [4.78, 5) is 13.5. The van der Waals surface area contributed by atoms with Gasteiger partial charge in [0.2, 0.25) is 0 Å². The van der Waals surface area contributed by atoms with Crippen LogP contribution in [0.2, 0.25) is 0 Å². The predicted octanol–water partition coefficient (Wildman–Crippen LogP) is 2.51.